The average Bonchev–Trinajstić information content (AvgIpc) is 3.50. The Labute approximate surface area is 218 Å². The summed E-state index contributed by atoms with van der Waals surface area (Å²) in [6.07, 6.45) is 2.84. The maximum atomic E-state index is 11.9. The van der Waals surface area contributed by atoms with Crippen LogP contribution in [0, 0.1) is 13.8 Å². The number of carbonyl (C=O) groups excluding carboxylic acids is 2. The number of nitrogens with one attached hydrogen (secondary N) is 4. The van der Waals surface area contributed by atoms with E-state index in [0.717, 1.165) is 0 Å². The highest BCUT2D eigenvalue weighted by Crippen LogP contribution is 2.17. The Hall–Kier alpha value is -3.38. The van der Waals surface area contributed by atoms with E-state index < -0.39 is 0 Å². The summed E-state index contributed by atoms with van der Waals surface area (Å²) in [4.78, 5) is 53.7. The molecule has 0 radical (unpaired) electrons. The minimum atomic E-state index is -0.385. The maximum Gasteiger partial charge on any atom is 0.256 e. The molecule has 0 saturated carbocycles. The van der Waals surface area contributed by atoms with Gasteiger partial charge in [0.15, 0.2) is 0 Å². The van der Waals surface area contributed by atoms with Crippen LogP contribution in [0.3, 0.4) is 0 Å². The van der Waals surface area contributed by atoms with E-state index in [4.69, 9.17) is 0 Å². The van der Waals surface area contributed by atoms with Gasteiger partial charge in [-0.25, -0.2) is 0 Å². The number of nitrogens with zero attached hydrogens (tertiary/aromatic N) is 2. The van der Waals surface area contributed by atoms with Crippen LogP contribution in [0.4, 0.5) is 0 Å². The summed E-state index contributed by atoms with van der Waals surface area (Å²) in [5.41, 5.74) is 1.01. The zero-order chi connectivity index (χ0) is 28.0. The fourth-order valence-electron chi connectivity index (χ4n) is 2.75. The van der Waals surface area contributed by atoms with Crippen molar-refractivity contribution in [1.82, 2.24) is 29.3 Å². The molecule has 0 aliphatic heterocycles. The third-order valence-electron chi connectivity index (χ3n) is 4.31. The van der Waals surface area contributed by atoms with Crippen molar-refractivity contribution in [3.8, 4) is 0 Å². The van der Waals surface area contributed by atoms with Gasteiger partial charge in [0, 0.05) is 26.5 Å². The predicted molar refractivity (Wildman–Crippen MR) is 151 cm³/mol. The summed E-state index contributed by atoms with van der Waals surface area (Å²) in [6.45, 7) is 15.5. The summed E-state index contributed by atoms with van der Waals surface area (Å²) in [5, 5.41) is 5.85. The van der Waals surface area contributed by atoms with Gasteiger partial charge >= 0.3 is 0 Å². The highest BCUT2D eigenvalue weighted by molar-refractivity contribution is 7.13. The molecule has 36 heavy (non-hydrogen) atoms. The Morgan fingerprint density at radius 2 is 1.00 bits per heavy atom. The Bertz CT molecular complexity index is 1280. The molecule has 4 aromatic heterocycles. The van der Waals surface area contributed by atoms with Gasteiger partial charge in [-0.15, -0.1) is 0 Å². The van der Waals surface area contributed by atoms with E-state index in [1.54, 1.807) is 13.8 Å². The highest BCUT2D eigenvalue weighted by Gasteiger charge is 2.15. The molecule has 4 heterocycles. The summed E-state index contributed by atoms with van der Waals surface area (Å²) in [6, 6.07) is 0. The van der Waals surface area contributed by atoms with Crippen LogP contribution in [0.2, 0.25) is 0 Å². The molecule has 2 amide bonds. The van der Waals surface area contributed by atoms with Gasteiger partial charge in [0.25, 0.3) is 11.8 Å². The molecule has 0 fully saturated rings. The molecule has 0 aliphatic rings. The van der Waals surface area contributed by atoms with Crippen LogP contribution < -0.4 is 21.5 Å². The minimum absolute atomic E-state index is 0.119. The second kappa shape index (κ2) is 16.3. The van der Waals surface area contributed by atoms with Crippen molar-refractivity contribution in [2.45, 2.75) is 55.4 Å². The Morgan fingerprint density at radius 3 is 1.28 bits per heavy atom. The zero-order valence-electron chi connectivity index (χ0n) is 22.5. The third kappa shape index (κ3) is 7.31. The second-order valence-corrected chi connectivity index (χ2v) is 7.71. The quantitative estimate of drug-likeness (QED) is 0.298. The number of aryl methyl sites for hydroxylation is 2. The molecule has 0 spiro atoms. The Kier molecular flexibility index (Phi) is 14.8. The first kappa shape index (κ1) is 32.6. The molecule has 12 heteroatoms. The van der Waals surface area contributed by atoms with Crippen LogP contribution in [0.25, 0.3) is 20.4 Å². The van der Waals surface area contributed by atoms with Crippen LogP contribution in [-0.2, 0) is 0 Å². The van der Waals surface area contributed by atoms with Crippen LogP contribution >= 0.6 is 23.1 Å². The number of carbonyl (C=O) groups is 2. The van der Waals surface area contributed by atoms with E-state index in [1.807, 2.05) is 41.5 Å². The summed E-state index contributed by atoms with van der Waals surface area (Å²) in [5.74, 6) is -0.771. The Balaban J connectivity index is 0.000000564. The van der Waals surface area contributed by atoms with Crippen molar-refractivity contribution in [1.29, 1.82) is 0 Å². The molecule has 0 aromatic carbocycles. The van der Waals surface area contributed by atoms with Crippen molar-refractivity contribution in [3.63, 3.8) is 0 Å². The van der Waals surface area contributed by atoms with Crippen molar-refractivity contribution in [2.75, 3.05) is 14.1 Å². The van der Waals surface area contributed by atoms with E-state index in [0.29, 0.717) is 31.8 Å². The summed E-state index contributed by atoms with van der Waals surface area (Å²) >= 11 is 2.44. The number of rotatable bonds is 2. The molecule has 4 N–H and O–H groups in total. The molecule has 4 aromatic rings. The lowest BCUT2D eigenvalue weighted by atomic mass is 10.2. The summed E-state index contributed by atoms with van der Waals surface area (Å²) in [7, 11) is 2.98. The molecule has 0 atom stereocenters. The topological polar surface area (TPSA) is 150 Å². The molecule has 0 saturated heterocycles. The smallest absolute Gasteiger partial charge is 0.256 e. The first-order chi connectivity index (χ1) is 17.3. The zero-order valence-corrected chi connectivity index (χ0v) is 24.1. The number of pyridine rings is 2. The number of fused-ring (bicyclic) bond motifs is 2. The predicted octanol–water partition coefficient (Wildman–Crippen LogP) is 4.38. The van der Waals surface area contributed by atoms with Gasteiger partial charge in [0.2, 0.25) is 10.9 Å². The number of amides is 2. The molecule has 4 rings (SSSR count). The number of aromatic nitrogens is 4. The normalized spacial score (nSPS) is 9.28. The fraction of sp³-hybridized carbons (Fsp3) is 0.417. The largest absolute Gasteiger partial charge is 0.355 e. The lowest BCUT2D eigenvalue weighted by molar-refractivity contribution is 0.0954. The van der Waals surface area contributed by atoms with Crippen LogP contribution in [0.1, 0.15) is 73.6 Å². The number of hydrogen-bond donors (Lipinski definition) is 4. The van der Waals surface area contributed by atoms with Gasteiger partial charge in [0.1, 0.15) is 20.8 Å². The van der Waals surface area contributed by atoms with Crippen molar-refractivity contribution in [2.24, 2.45) is 0 Å². The van der Waals surface area contributed by atoms with Crippen molar-refractivity contribution < 1.29 is 9.59 Å². The minimum Gasteiger partial charge on any atom is -0.355 e. The SMILES string of the molecule is CC.CC.CC.CNC(=O)c1c[nH]c2snc(C)c2c1=O.CNC(=O)c1c[nH]c2snc(C)c2c1=O. The molecular weight excluding hydrogens is 500 g/mol. The average molecular weight is 537 g/mol. The maximum absolute atomic E-state index is 11.9. The third-order valence-corrected chi connectivity index (χ3v) is 6.05. The fourth-order valence-corrected chi connectivity index (χ4v) is 4.28. The lowest BCUT2D eigenvalue weighted by Gasteiger charge is -1.98. The van der Waals surface area contributed by atoms with Gasteiger partial charge in [-0.2, -0.15) is 8.75 Å². The molecule has 10 nitrogen and oxygen atoms in total. The molecule has 198 valence electrons. The van der Waals surface area contributed by atoms with E-state index >= 15 is 0 Å². The van der Waals surface area contributed by atoms with Crippen molar-refractivity contribution in [3.05, 3.63) is 55.4 Å². The van der Waals surface area contributed by atoms with Gasteiger partial charge in [0.05, 0.1) is 22.2 Å². The Morgan fingerprint density at radius 1 is 0.694 bits per heavy atom. The number of hydrogen-bond acceptors (Lipinski definition) is 8. The van der Waals surface area contributed by atoms with Crippen LogP contribution in [-0.4, -0.2) is 44.6 Å². The van der Waals surface area contributed by atoms with E-state index in [-0.39, 0.29) is 33.8 Å². The lowest BCUT2D eigenvalue weighted by Crippen LogP contribution is -2.25. The van der Waals surface area contributed by atoms with E-state index in [1.165, 1.54) is 49.6 Å². The van der Waals surface area contributed by atoms with Crippen molar-refractivity contribution >= 4 is 55.3 Å². The number of aromatic amines is 2. The molecule has 0 aliphatic carbocycles. The van der Waals surface area contributed by atoms with E-state index in [2.05, 4.69) is 29.3 Å². The van der Waals surface area contributed by atoms with Gasteiger partial charge in [-0.05, 0) is 36.9 Å². The monoisotopic (exact) mass is 536 g/mol. The van der Waals surface area contributed by atoms with Gasteiger partial charge in [-0.1, -0.05) is 41.5 Å². The van der Waals surface area contributed by atoms with Crippen LogP contribution in [0.5, 0.6) is 0 Å². The first-order valence-electron chi connectivity index (χ1n) is 11.7. The molecular formula is C24H36N6O4S2. The second-order valence-electron chi connectivity index (χ2n) is 6.17. The van der Waals surface area contributed by atoms with E-state index in [9.17, 15) is 19.2 Å². The van der Waals surface area contributed by atoms with Gasteiger partial charge < -0.3 is 20.6 Å². The van der Waals surface area contributed by atoms with Gasteiger partial charge in [-0.3, -0.25) is 19.2 Å². The first-order valence-corrected chi connectivity index (χ1v) is 13.2. The van der Waals surface area contributed by atoms with Crippen LogP contribution in [0.15, 0.2) is 22.0 Å². The number of H-pyrrole nitrogens is 2. The highest BCUT2D eigenvalue weighted by atomic mass is 32.1. The molecule has 0 bridgehead atoms. The summed E-state index contributed by atoms with van der Waals surface area (Å²) < 4.78 is 8.12. The molecule has 0 unspecified atom stereocenters. The standard InChI is InChI=1S/2C9H9N3O2S.3C2H6/c2*1-4-6-7(13)5(8(14)10-2)3-11-9(6)15-12-4;3*1-2/h2*3H,1-2H3,(H,10,14)(H,11,13);3*1-2H3.